The highest BCUT2D eigenvalue weighted by Crippen LogP contribution is 2.64. The summed E-state index contributed by atoms with van der Waals surface area (Å²) in [4.78, 5) is 0. The standard InChI is InChI=1S/C14H4ClF17O3S/c15-5-1-3-6(4-2-5)35-36(33,34)14(31,32)12(26,27)10(22,23)8(18,19)7(16,17)9(20,21)11(24,25)13(28,29)30/h1-4H. The lowest BCUT2D eigenvalue weighted by Crippen LogP contribution is -2.75. The molecule has 0 spiro atoms. The van der Waals surface area contributed by atoms with Crippen molar-refractivity contribution in [2.75, 3.05) is 0 Å². The molecule has 1 rings (SSSR count). The number of rotatable bonds is 9. The highest BCUT2D eigenvalue weighted by Gasteiger charge is 2.96. The van der Waals surface area contributed by atoms with Crippen LogP contribution in [0.5, 0.6) is 5.75 Å². The molecule has 0 aromatic heterocycles. The van der Waals surface area contributed by atoms with Crippen LogP contribution in [0.1, 0.15) is 0 Å². The molecule has 0 aliphatic heterocycles. The molecule has 0 bridgehead atoms. The van der Waals surface area contributed by atoms with Crippen LogP contribution in [-0.4, -0.2) is 55.4 Å². The number of benzene rings is 1. The molecule has 0 aliphatic carbocycles. The van der Waals surface area contributed by atoms with Gasteiger partial charge < -0.3 is 4.18 Å². The lowest BCUT2D eigenvalue weighted by molar-refractivity contribution is -0.458. The molecular formula is C14H4ClF17O3S. The van der Waals surface area contributed by atoms with Crippen molar-refractivity contribution < 1.29 is 87.2 Å². The minimum atomic E-state index is -8.90. The van der Waals surface area contributed by atoms with Crippen molar-refractivity contribution in [1.29, 1.82) is 0 Å². The maximum Gasteiger partial charge on any atom is 0.460 e. The minimum absolute atomic E-state index is 0.273. The Balaban J connectivity index is 3.68. The van der Waals surface area contributed by atoms with E-state index in [9.17, 15) is 83.1 Å². The molecule has 0 atom stereocenters. The summed E-state index contributed by atoms with van der Waals surface area (Å²) in [6.07, 6.45) is -7.90. The van der Waals surface area contributed by atoms with Crippen LogP contribution < -0.4 is 4.18 Å². The van der Waals surface area contributed by atoms with Crippen molar-refractivity contribution in [3.63, 3.8) is 0 Å². The molecule has 0 saturated heterocycles. The SMILES string of the molecule is O=S(=O)(Oc1ccc(Cl)cc1)C(F)(F)C(F)(F)C(F)(F)C(F)(F)C(F)(F)C(F)(F)C(F)(F)C(F)(F)F. The Bertz CT molecular complexity index is 1060. The van der Waals surface area contributed by atoms with Crippen LogP contribution >= 0.6 is 11.6 Å². The average molecular weight is 611 g/mol. The molecule has 36 heavy (non-hydrogen) atoms. The van der Waals surface area contributed by atoms with Gasteiger partial charge in [-0.2, -0.15) is 83.1 Å². The molecule has 0 fully saturated rings. The van der Waals surface area contributed by atoms with E-state index < -0.39 is 62.8 Å². The van der Waals surface area contributed by atoms with Gasteiger partial charge in [0.1, 0.15) is 5.75 Å². The Kier molecular flexibility index (Phi) is 7.62. The van der Waals surface area contributed by atoms with Crippen LogP contribution in [0.3, 0.4) is 0 Å². The fraction of sp³-hybridized carbons (Fsp3) is 0.571. The first-order valence-corrected chi connectivity index (χ1v) is 9.67. The van der Waals surface area contributed by atoms with Gasteiger partial charge >= 0.3 is 57.1 Å². The molecular weight excluding hydrogens is 607 g/mol. The van der Waals surface area contributed by atoms with E-state index in [-0.39, 0.29) is 17.2 Å². The summed E-state index contributed by atoms with van der Waals surface area (Å²) in [7, 11) is -7.66. The van der Waals surface area contributed by atoms with Crippen LogP contribution in [0.25, 0.3) is 0 Å². The lowest BCUT2D eigenvalue weighted by atomic mass is 9.91. The van der Waals surface area contributed by atoms with E-state index in [0.717, 1.165) is 0 Å². The monoisotopic (exact) mass is 610 g/mol. The maximum absolute atomic E-state index is 13.8. The number of alkyl halides is 17. The third-order valence-electron chi connectivity index (χ3n) is 4.03. The second kappa shape index (κ2) is 8.55. The normalized spacial score (nSPS) is 15.7. The second-order valence-corrected chi connectivity index (χ2v) is 8.48. The highest BCUT2D eigenvalue weighted by atomic mass is 35.5. The first-order chi connectivity index (χ1) is 15.5. The van der Waals surface area contributed by atoms with Crippen molar-refractivity contribution in [2.45, 2.75) is 47.0 Å². The molecule has 0 heterocycles. The smallest absolute Gasteiger partial charge is 0.378 e. The molecule has 1 aromatic rings. The van der Waals surface area contributed by atoms with Gasteiger partial charge in [0.15, 0.2) is 0 Å². The molecule has 0 saturated carbocycles. The van der Waals surface area contributed by atoms with E-state index in [0.29, 0.717) is 12.1 Å². The fourth-order valence-electron chi connectivity index (χ4n) is 1.98. The quantitative estimate of drug-likeness (QED) is 0.223. The van der Waals surface area contributed by atoms with Crippen molar-refractivity contribution in [3.05, 3.63) is 29.3 Å². The molecule has 210 valence electrons. The van der Waals surface area contributed by atoms with E-state index in [4.69, 9.17) is 11.6 Å². The maximum atomic E-state index is 13.8. The Hall–Kier alpha value is -1.93. The Morgan fingerprint density at radius 2 is 0.833 bits per heavy atom. The second-order valence-electron chi connectivity index (χ2n) is 6.45. The fourth-order valence-corrected chi connectivity index (χ4v) is 3.01. The summed E-state index contributed by atoms with van der Waals surface area (Å²) in [5.41, 5.74) is 0. The van der Waals surface area contributed by atoms with Gasteiger partial charge in [-0.1, -0.05) is 11.6 Å². The van der Waals surface area contributed by atoms with Gasteiger partial charge in [-0.05, 0) is 24.3 Å². The Morgan fingerprint density at radius 1 is 0.528 bits per heavy atom. The van der Waals surface area contributed by atoms with Gasteiger partial charge in [-0.3, -0.25) is 0 Å². The van der Waals surface area contributed by atoms with Crippen molar-refractivity contribution in [3.8, 4) is 5.75 Å². The van der Waals surface area contributed by atoms with E-state index >= 15 is 0 Å². The Labute approximate surface area is 191 Å². The average Bonchev–Trinajstić information content (AvgIpc) is 2.67. The summed E-state index contributed by atoms with van der Waals surface area (Å²) in [5, 5.41) is -8.06. The van der Waals surface area contributed by atoms with Gasteiger partial charge in [0.2, 0.25) is 0 Å². The van der Waals surface area contributed by atoms with Crippen molar-refractivity contribution >= 4 is 21.7 Å². The van der Waals surface area contributed by atoms with E-state index in [1.165, 1.54) is 0 Å². The summed E-state index contributed by atoms with van der Waals surface area (Å²) >= 11 is 5.28. The molecule has 0 radical (unpaired) electrons. The van der Waals surface area contributed by atoms with Gasteiger partial charge in [0.25, 0.3) is 0 Å². The molecule has 22 heteroatoms. The predicted octanol–water partition coefficient (Wildman–Crippen LogP) is 7.02. The molecule has 3 nitrogen and oxygen atoms in total. The largest absolute Gasteiger partial charge is 0.460 e. The van der Waals surface area contributed by atoms with Crippen LogP contribution in [0.2, 0.25) is 5.02 Å². The lowest BCUT2D eigenvalue weighted by Gasteiger charge is -2.42. The molecule has 0 amide bonds. The van der Waals surface area contributed by atoms with Crippen LogP contribution in [0.4, 0.5) is 74.6 Å². The zero-order valence-electron chi connectivity index (χ0n) is 15.7. The Morgan fingerprint density at radius 3 is 1.17 bits per heavy atom. The molecule has 1 aromatic carbocycles. The first kappa shape index (κ1) is 32.1. The van der Waals surface area contributed by atoms with Crippen molar-refractivity contribution in [2.24, 2.45) is 0 Å². The first-order valence-electron chi connectivity index (χ1n) is 7.88. The van der Waals surface area contributed by atoms with Gasteiger partial charge in [-0.25, -0.2) is 0 Å². The van der Waals surface area contributed by atoms with E-state index in [1.807, 2.05) is 0 Å². The van der Waals surface area contributed by atoms with Gasteiger partial charge in [0, 0.05) is 5.02 Å². The minimum Gasteiger partial charge on any atom is -0.378 e. The summed E-state index contributed by atoms with van der Waals surface area (Å²) < 4.78 is 250. The predicted molar refractivity (Wildman–Crippen MR) is 81.7 cm³/mol. The summed E-state index contributed by atoms with van der Waals surface area (Å²) in [6, 6.07) is 1.73. The zero-order valence-corrected chi connectivity index (χ0v) is 17.3. The van der Waals surface area contributed by atoms with E-state index in [2.05, 4.69) is 4.18 Å². The number of halogens is 18. The number of hydrogen-bond donors (Lipinski definition) is 0. The van der Waals surface area contributed by atoms with Crippen LogP contribution in [0.15, 0.2) is 24.3 Å². The third-order valence-corrected chi connectivity index (χ3v) is 5.57. The van der Waals surface area contributed by atoms with Gasteiger partial charge in [0.05, 0.1) is 0 Å². The third kappa shape index (κ3) is 4.28. The van der Waals surface area contributed by atoms with Crippen molar-refractivity contribution in [1.82, 2.24) is 0 Å². The van der Waals surface area contributed by atoms with Crippen LogP contribution in [-0.2, 0) is 10.1 Å². The van der Waals surface area contributed by atoms with Crippen LogP contribution in [0, 0.1) is 0 Å². The molecule has 0 aliphatic rings. The molecule has 0 unspecified atom stereocenters. The van der Waals surface area contributed by atoms with E-state index in [1.54, 1.807) is 0 Å². The topological polar surface area (TPSA) is 43.4 Å². The summed E-state index contributed by atoms with van der Waals surface area (Å²) in [5.74, 6) is -53.5. The zero-order chi connectivity index (χ0) is 29.2. The highest BCUT2D eigenvalue weighted by molar-refractivity contribution is 7.88. The molecule has 0 N–H and O–H groups in total. The summed E-state index contributed by atoms with van der Waals surface area (Å²) in [6.45, 7) is 0. The van der Waals surface area contributed by atoms with Gasteiger partial charge in [-0.15, -0.1) is 0 Å². The number of hydrogen-bond acceptors (Lipinski definition) is 3.